The van der Waals surface area contributed by atoms with Crippen molar-refractivity contribution in [2.24, 2.45) is 11.7 Å². The first kappa shape index (κ1) is 23.1. The predicted octanol–water partition coefficient (Wildman–Crippen LogP) is 3.01. The number of carbonyl (C=O) groups is 1. The average Bonchev–Trinajstić information content (AvgIpc) is 3.55. The molecule has 0 bridgehead atoms. The van der Waals surface area contributed by atoms with Gasteiger partial charge in [-0.2, -0.15) is 0 Å². The zero-order chi connectivity index (χ0) is 24.5. The van der Waals surface area contributed by atoms with Crippen LogP contribution in [0.1, 0.15) is 45.7 Å². The molecule has 3 aliphatic rings. The molecule has 1 amide bonds. The highest BCUT2D eigenvalue weighted by Gasteiger charge is 2.52. The summed E-state index contributed by atoms with van der Waals surface area (Å²) in [6, 6.07) is 1.20. The average molecular weight is 517 g/mol. The van der Waals surface area contributed by atoms with Gasteiger partial charge >= 0.3 is 0 Å². The van der Waals surface area contributed by atoms with Crippen molar-refractivity contribution in [2.45, 2.75) is 57.2 Å². The van der Waals surface area contributed by atoms with Crippen molar-refractivity contribution in [3.8, 4) is 0 Å². The van der Waals surface area contributed by atoms with Crippen LogP contribution in [0.4, 0.5) is 15.9 Å². The molecule has 6 rings (SSSR count). The van der Waals surface area contributed by atoms with Crippen molar-refractivity contribution in [2.75, 3.05) is 30.3 Å². The quantitative estimate of drug-likeness (QED) is 0.490. The van der Waals surface area contributed by atoms with Crippen LogP contribution in [0.3, 0.4) is 0 Å². The van der Waals surface area contributed by atoms with E-state index in [9.17, 15) is 4.79 Å². The molecule has 8 nitrogen and oxygen atoms in total. The standard InChI is InChI=1S/C24H29FN6O2S2/c1-11-5-6-33-24(11)10-31(9-17(24)26)18-8-15(25)14-7-13(3-4-16(14)30-18)29-22(32)20-19(27)21-23(35-20)28-12(2)34-21/h8,11,13,17H,3-7,9-10,26-27H2,1-2H3,(H,29,32). The molecule has 5 heterocycles. The van der Waals surface area contributed by atoms with Crippen molar-refractivity contribution >= 4 is 49.6 Å². The minimum Gasteiger partial charge on any atom is -0.396 e. The molecule has 186 valence electrons. The van der Waals surface area contributed by atoms with Gasteiger partial charge in [-0.15, -0.1) is 22.7 Å². The summed E-state index contributed by atoms with van der Waals surface area (Å²) >= 11 is 2.79. The van der Waals surface area contributed by atoms with Crippen molar-refractivity contribution < 1.29 is 13.9 Å². The number of nitrogens with one attached hydrogen (secondary N) is 1. The van der Waals surface area contributed by atoms with E-state index in [4.69, 9.17) is 21.2 Å². The van der Waals surface area contributed by atoms with Crippen molar-refractivity contribution in [1.82, 2.24) is 15.3 Å². The number of nitrogens with zero attached hydrogens (tertiary/aromatic N) is 3. The lowest BCUT2D eigenvalue weighted by Gasteiger charge is -2.31. The number of hydrogen-bond acceptors (Lipinski definition) is 9. The largest absolute Gasteiger partial charge is 0.396 e. The number of carbonyl (C=O) groups excluding carboxylic acids is 1. The number of rotatable bonds is 3. The molecule has 11 heteroatoms. The van der Waals surface area contributed by atoms with Gasteiger partial charge in [-0.05, 0) is 38.5 Å². The third-order valence-electron chi connectivity index (χ3n) is 7.82. The molecule has 0 saturated carbocycles. The summed E-state index contributed by atoms with van der Waals surface area (Å²) in [5.41, 5.74) is 14.1. The minimum atomic E-state index is -0.379. The second-order valence-electron chi connectivity index (χ2n) is 9.99. The summed E-state index contributed by atoms with van der Waals surface area (Å²) in [5, 5.41) is 3.98. The molecule has 2 aliphatic heterocycles. The second kappa shape index (κ2) is 8.36. The molecule has 5 N–H and O–H groups in total. The zero-order valence-corrected chi connectivity index (χ0v) is 21.4. The van der Waals surface area contributed by atoms with Gasteiger partial charge in [0.15, 0.2) is 0 Å². The third-order valence-corrected chi connectivity index (χ3v) is 10.0. The molecule has 3 aromatic heterocycles. The first-order chi connectivity index (χ1) is 16.7. The number of halogens is 1. The number of nitrogens with two attached hydrogens (primary N) is 2. The predicted molar refractivity (Wildman–Crippen MR) is 137 cm³/mol. The number of nitrogen functional groups attached to an aromatic ring is 1. The van der Waals surface area contributed by atoms with Gasteiger partial charge < -0.3 is 26.4 Å². The normalized spacial score (nSPS) is 28.2. The number of hydrogen-bond donors (Lipinski definition) is 3. The Morgan fingerprint density at radius 1 is 1.34 bits per heavy atom. The van der Waals surface area contributed by atoms with E-state index in [1.807, 2.05) is 6.92 Å². The van der Waals surface area contributed by atoms with E-state index in [1.165, 1.54) is 28.7 Å². The van der Waals surface area contributed by atoms with Crippen LogP contribution >= 0.6 is 22.7 Å². The molecule has 35 heavy (non-hydrogen) atoms. The SMILES string of the molecule is Cc1nc2sc(C(=O)NC3CCc4nc(N5CC(N)C6(C5)OCCC6C)cc(F)c4C3)c(N)c2s1. The number of pyridine rings is 1. The Hall–Kier alpha value is -2.34. The van der Waals surface area contributed by atoms with Crippen molar-refractivity contribution in [3.63, 3.8) is 0 Å². The number of fused-ring (bicyclic) bond motifs is 2. The van der Waals surface area contributed by atoms with E-state index in [-0.39, 0.29) is 29.4 Å². The smallest absolute Gasteiger partial charge is 0.263 e. The van der Waals surface area contributed by atoms with Crippen LogP contribution in [-0.4, -0.2) is 53.3 Å². The van der Waals surface area contributed by atoms with Crippen LogP contribution in [0.15, 0.2) is 6.07 Å². The number of thiophene rings is 1. The maximum absolute atomic E-state index is 15.3. The molecule has 0 radical (unpaired) electrons. The highest BCUT2D eigenvalue weighted by molar-refractivity contribution is 7.29. The van der Waals surface area contributed by atoms with Crippen LogP contribution in [0.5, 0.6) is 0 Å². The maximum Gasteiger partial charge on any atom is 0.263 e. The Morgan fingerprint density at radius 2 is 2.17 bits per heavy atom. The lowest BCUT2D eigenvalue weighted by Crippen LogP contribution is -2.50. The van der Waals surface area contributed by atoms with Crippen LogP contribution in [0.2, 0.25) is 0 Å². The molecular formula is C24H29FN6O2S2. The van der Waals surface area contributed by atoms with Gasteiger partial charge in [-0.25, -0.2) is 14.4 Å². The van der Waals surface area contributed by atoms with Crippen LogP contribution in [-0.2, 0) is 17.6 Å². The lowest BCUT2D eigenvalue weighted by atomic mass is 9.85. The van der Waals surface area contributed by atoms with E-state index in [0.29, 0.717) is 66.8 Å². The Labute approximate surface area is 210 Å². The van der Waals surface area contributed by atoms with Gasteiger partial charge in [0, 0.05) is 36.5 Å². The maximum atomic E-state index is 15.3. The van der Waals surface area contributed by atoms with Crippen LogP contribution in [0, 0.1) is 18.7 Å². The van der Waals surface area contributed by atoms with E-state index < -0.39 is 0 Å². The highest BCUT2D eigenvalue weighted by Crippen LogP contribution is 2.41. The fourth-order valence-electron chi connectivity index (χ4n) is 5.80. The Morgan fingerprint density at radius 3 is 2.91 bits per heavy atom. The topological polar surface area (TPSA) is 119 Å². The first-order valence-corrected chi connectivity index (χ1v) is 13.7. The number of thiazole rings is 1. The zero-order valence-electron chi connectivity index (χ0n) is 19.8. The highest BCUT2D eigenvalue weighted by atomic mass is 32.1. The Kier molecular flexibility index (Phi) is 5.51. The van der Waals surface area contributed by atoms with Gasteiger partial charge in [-0.3, -0.25) is 4.79 Å². The fraction of sp³-hybridized carbons (Fsp3) is 0.542. The molecule has 4 atom stereocenters. The number of amides is 1. The first-order valence-electron chi connectivity index (χ1n) is 12.0. The van der Waals surface area contributed by atoms with Crippen LogP contribution in [0.25, 0.3) is 9.53 Å². The number of anilines is 2. The number of aromatic nitrogens is 2. The fourth-order valence-corrected chi connectivity index (χ4v) is 7.89. The summed E-state index contributed by atoms with van der Waals surface area (Å²) in [5.74, 6) is 0.473. The van der Waals surface area contributed by atoms with Gasteiger partial charge in [0.1, 0.15) is 26.9 Å². The summed E-state index contributed by atoms with van der Waals surface area (Å²) in [7, 11) is 0. The molecule has 2 fully saturated rings. The molecule has 3 aromatic rings. The molecular weight excluding hydrogens is 487 g/mol. The van der Waals surface area contributed by atoms with E-state index in [2.05, 4.69) is 22.1 Å². The van der Waals surface area contributed by atoms with Crippen LogP contribution < -0.4 is 21.7 Å². The summed E-state index contributed by atoms with van der Waals surface area (Å²) < 4.78 is 22.2. The summed E-state index contributed by atoms with van der Waals surface area (Å²) in [4.78, 5) is 25.5. The molecule has 1 spiro atoms. The molecule has 4 unspecified atom stereocenters. The van der Waals surface area contributed by atoms with E-state index >= 15 is 4.39 Å². The van der Waals surface area contributed by atoms with Crippen molar-refractivity contribution in [3.05, 3.63) is 33.0 Å². The number of aryl methyl sites for hydroxylation is 2. The number of ether oxygens (including phenoxy) is 1. The Balaban J connectivity index is 1.18. The summed E-state index contributed by atoms with van der Waals surface area (Å²) in [6.45, 7) is 6.04. The molecule has 1 aliphatic carbocycles. The Bertz CT molecular complexity index is 1330. The third kappa shape index (κ3) is 3.71. The summed E-state index contributed by atoms with van der Waals surface area (Å²) in [6.07, 6.45) is 2.68. The van der Waals surface area contributed by atoms with Gasteiger partial charge in [-0.1, -0.05) is 6.92 Å². The van der Waals surface area contributed by atoms with Gasteiger partial charge in [0.25, 0.3) is 5.91 Å². The van der Waals surface area contributed by atoms with Gasteiger partial charge in [0.05, 0.1) is 28.0 Å². The lowest BCUT2D eigenvalue weighted by molar-refractivity contribution is -0.0109. The van der Waals surface area contributed by atoms with Gasteiger partial charge in [0.2, 0.25) is 0 Å². The van der Waals surface area contributed by atoms with E-state index in [0.717, 1.165) is 26.7 Å². The monoisotopic (exact) mass is 516 g/mol. The van der Waals surface area contributed by atoms with E-state index in [1.54, 1.807) is 0 Å². The molecule has 0 aromatic carbocycles. The van der Waals surface area contributed by atoms with Crippen molar-refractivity contribution in [1.29, 1.82) is 0 Å². The minimum absolute atomic E-state index is 0.125. The molecule has 2 saturated heterocycles. The second-order valence-corrected chi connectivity index (χ2v) is 12.2.